The Balaban J connectivity index is 1.99. The molecule has 0 fully saturated rings. The number of hydrazone groups is 1. The topological polar surface area (TPSA) is 83.6 Å². The first-order valence-electron chi connectivity index (χ1n) is 8.02. The van der Waals surface area contributed by atoms with Gasteiger partial charge in [-0.2, -0.15) is 5.10 Å². The number of amides is 1. The molecule has 0 bridgehead atoms. The van der Waals surface area contributed by atoms with Gasteiger partial charge in [0.15, 0.2) is 5.13 Å². The molecule has 1 aromatic heterocycles. The number of thiazole rings is 1. The average molecular weight is 345 g/mol. The molecule has 1 aromatic carbocycles. The number of nitrogens with zero attached hydrogens (tertiary/aromatic N) is 3. The third-order valence-corrected chi connectivity index (χ3v) is 4.58. The quantitative estimate of drug-likeness (QED) is 0.597. The predicted octanol–water partition coefficient (Wildman–Crippen LogP) is 2.90. The molecule has 0 aliphatic rings. The van der Waals surface area contributed by atoms with E-state index in [1.54, 1.807) is 6.21 Å². The summed E-state index contributed by atoms with van der Waals surface area (Å²) in [6, 6.07) is 8.06. The highest BCUT2D eigenvalue weighted by molar-refractivity contribution is 7.17. The van der Waals surface area contributed by atoms with Gasteiger partial charge in [-0.15, -0.1) is 0 Å². The van der Waals surface area contributed by atoms with E-state index in [0.717, 1.165) is 18.7 Å². The molecule has 2 rings (SSSR count). The summed E-state index contributed by atoms with van der Waals surface area (Å²) >= 11 is 1.18. The van der Waals surface area contributed by atoms with Crippen LogP contribution in [0.3, 0.4) is 0 Å². The van der Waals surface area contributed by atoms with E-state index in [2.05, 4.69) is 46.4 Å². The molecule has 6 nitrogen and oxygen atoms in total. The number of rotatable bonds is 7. The van der Waals surface area contributed by atoms with Crippen molar-refractivity contribution in [3.63, 3.8) is 0 Å². The molecule has 0 saturated carbocycles. The fourth-order valence-corrected chi connectivity index (χ4v) is 3.17. The van der Waals surface area contributed by atoms with Crippen LogP contribution >= 0.6 is 11.3 Å². The van der Waals surface area contributed by atoms with Gasteiger partial charge in [-0.05, 0) is 38.0 Å². The molecule has 0 spiro atoms. The Hall–Kier alpha value is -2.41. The Labute approximate surface area is 146 Å². The van der Waals surface area contributed by atoms with Gasteiger partial charge in [-0.1, -0.05) is 30.4 Å². The Morgan fingerprint density at radius 1 is 1.29 bits per heavy atom. The molecule has 7 heteroatoms. The molecular weight excluding hydrogens is 322 g/mol. The van der Waals surface area contributed by atoms with Gasteiger partial charge < -0.3 is 10.6 Å². The summed E-state index contributed by atoms with van der Waals surface area (Å²) in [6.07, 6.45) is 2.28. The third kappa shape index (κ3) is 4.32. The summed E-state index contributed by atoms with van der Waals surface area (Å²) in [6.45, 7) is 8.14. The van der Waals surface area contributed by atoms with Crippen molar-refractivity contribution in [2.24, 2.45) is 5.10 Å². The Morgan fingerprint density at radius 3 is 2.54 bits per heavy atom. The van der Waals surface area contributed by atoms with Crippen molar-refractivity contribution in [2.75, 3.05) is 23.7 Å². The molecule has 1 amide bonds. The van der Waals surface area contributed by atoms with Gasteiger partial charge in [0, 0.05) is 18.8 Å². The SMILES string of the molecule is CCc1nc(N)sc1C(=O)N/N=C/c1ccc(N(CC)CC)cc1. The molecule has 0 unspecified atom stereocenters. The van der Waals surface area contributed by atoms with Crippen molar-refractivity contribution >= 4 is 34.3 Å². The second-order valence-electron chi connectivity index (χ2n) is 5.14. The molecule has 1 heterocycles. The summed E-state index contributed by atoms with van der Waals surface area (Å²) in [7, 11) is 0. The van der Waals surface area contributed by atoms with Crippen molar-refractivity contribution in [1.29, 1.82) is 0 Å². The molecule has 0 aliphatic carbocycles. The lowest BCUT2D eigenvalue weighted by atomic mass is 10.2. The van der Waals surface area contributed by atoms with Crippen LogP contribution in [0.25, 0.3) is 0 Å². The number of benzene rings is 1. The highest BCUT2D eigenvalue weighted by atomic mass is 32.1. The first kappa shape index (κ1) is 17.9. The number of nitrogen functional groups attached to an aromatic ring is 1. The molecule has 2 aromatic rings. The van der Waals surface area contributed by atoms with E-state index in [-0.39, 0.29) is 5.91 Å². The Kier molecular flexibility index (Phi) is 6.31. The van der Waals surface area contributed by atoms with Crippen LogP contribution in [-0.2, 0) is 6.42 Å². The van der Waals surface area contributed by atoms with Gasteiger partial charge in [-0.3, -0.25) is 4.79 Å². The highest BCUT2D eigenvalue weighted by Crippen LogP contribution is 2.20. The van der Waals surface area contributed by atoms with Crippen LogP contribution < -0.4 is 16.1 Å². The average Bonchev–Trinajstić information content (AvgIpc) is 2.98. The zero-order valence-corrected chi connectivity index (χ0v) is 15.1. The Morgan fingerprint density at radius 2 is 1.96 bits per heavy atom. The van der Waals surface area contributed by atoms with Gasteiger partial charge in [0.05, 0.1) is 11.9 Å². The van der Waals surface area contributed by atoms with Gasteiger partial charge in [-0.25, -0.2) is 10.4 Å². The monoisotopic (exact) mass is 345 g/mol. The molecule has 0 atom stereocenters. The van der Waals surface area contributed by atoms with Crippen molar-refractivity contribution in [2.45, 2.75) is 27.2 Å². The molecule has 0 radical (unpaired) electrons. The summed E-state index contributed by atoms with van der Waals surface area (Å²) in [5, 5.41) is 4.41. The van der Waals surface area contributed by atoms with E-state index >= 15 is 0 Å². The van der Waals surface area contributed by atoms with Crippen molar-refractivity contribution < 1.29 is 4.79 Å². The lowest BCUT2D eigenvalue weighted by molar-refractivity contribution is 0.0958. The number of nitrogens with one attached hydrogen (secondary N) is 1. The van der Waals surface area contributed by atoms with Crippen molar-refractivity contribution in [1.82, 2.24) is 10.4 Å². The normalized spacial score (nSPS) is 11.0. The summed E-state index contributed by atoms with van der Waals surface area (Å²) < 4.78 is 0. The minimum absolute atomic E-state index is 0.280. The smallest absolute Gasteiger partial charge is 0.283 e. The second-order valence-corrected chi connectivity index (χ2v) is 6.18. The maximum atomic E-state index is 12.1. The zero-order chi connectivity index (χ0) is 17.5. The largest absolute Gasteiger partial charge is 0.375 e. The summed E-state index contributed by atoms with van der Waals surface area (Å²) in [5.41, 5.74) is 11.0. The zero-order valence-electron chi connectivity index (χ0n) is 14.2. The molecule has 128 valence electrons. The Bertz CT molecular complexity index is 704. The molecule has 0 saturated heterocycles. The van der Waals surface area contributed by atoms with Crippen LogP contribution in [-0.4, -0.2) is 30.2 Å². The highest BCUT2D eigenvalue weighted by Gasteiger charge is 2.15. The van der Waals surface area contributed by atoms with Crippen LogP contribution in [0.4, 0.5) is 10.8 Å². The number of aryl methyl sites for hydroxylation is 1. The van der Waals surface area contributed by atoms with E-state index in [0.29, 0.717) is 22.1 Å². The number of carbonyl (C=O) groups is 1. The van der Waals surface area contributed by atoms with Crippen LogP contribution in [0, 0.1) is 0 Å². The van der Waals surface area contributed by atoms with Gasteiger partial charge in [0.2, 0.25) is 0 Å². The van der Waals surface area contributed by atoms with Crippen LogP contribution in [0.2, 0.25) is 0 Å². The number of hydrogen-bond acceptors (Lipinski definition) is 6. The molecule has 24 heavy (non-hydrogen) atoms. The van der Waals surface area contributed by atoms with E-state index in [4.69, 9.17) is 5.73 Å². The van der Waals surface area contributed by atoms with Crippen LogP contribution in [0.15, 0.2) is 29.4 Å². The third-order valence-electron chi connectivity index (χ3n) is 3.66. The maximum absolute atomic E-state index is 12.1. The van der Waals surface area contributed by atoms with E-state index < -0.39 is 0 Å². The molecule has 0 aliphatic heterocycles. The van der Waals surface area contributed by atoms with Crippen molar-refractivity contribution in [3.05, 3.63) is 40.4 Å². The van der Waals surface area contributed by atoms with Crippen LogP contribution in [0.5, 0.6) is 0 Å². The lowest BCUT2D eigenvalue weighted by Crippen LogP contribution is -2.21. The predicted molar refractivity (Wildman–Crippen MR) is 101 cm³/mol. The van der Waals surface area contributed by atoms with E-state index in [1.165, 1.54) is 17.0 Å². The van der Waals surface area contributed by atoms with E-state index in [1.807, 2.05) is 19.1 Å². The lowest BCUT2D eigenvalue weighted by Gasteiger charge is -2.20. The van der Waals surface area contributed by atoms with Crippen molar-refractivity contribution in [3.8, 4) is 0 Å². The first-order chi connectivity index (χ1) is 11.6. The number of anilines is 2. The minimum atomic E-state index is -0.280. The standard InChI is InChI=1S/C17H23N5OS/c1-4-14-15(24-17(18)20-14)16(23)21-19-11-12-7-9-13(10-8-12)22(5-2)6-3/h7-11H,4-6H2,1-3H3,(H2,18,20)(H,21,23)/b19-11+. The van der Waals surface area contributed by atoms with Gasteiger partial charge in [0.25, 0.3) is 5.91 Å². The number of hydrogen-bond donors (Lipinski definition) is 2. The molecular formula is C17H23N5OS. The number of carbonyl (C=O) groups excluding carboxylic acids is 1. The maximum Gasteiger partial charge on any atom is 0.283 e. The fourth-order valence-electron chi connectivity index (χ4n) is 2.36. The summed E-state index contributed by atoms with van der Waals surface area (Å²) in [4.78, 5) is 19.1. The number of nitrogens with two attached hydrogens (primary N) is 1. The van der Waals surface area contributed by atoms with E-state index in [9.17, 15) is 4.79 Å². The summed E-state index contributed by atoms with van der Waals surface area (Å²) in [5.74, 6) is -0.280. The number of aromatic nitrogens is 1. The molecule has 3 N–H and O–H groups in total. The van der Waals surface area contributed by atoms with Crippen LogP contribution in [0.1, 0.15) is 41.7 Å². The fraction of sp³-hybridized carbons (Fsp3) is 0.353. The first-order valence-corrected chi connectivity index (χ1v) is 8.84. The van der Waals surface area contributed by atoms with Gasteiger partial charge >= 0.3 is 0 Å². The van der Waals surface area contributed by atoms with Gasteiger partial charge in [0.1, 0.15) is 4.88 Å². The second kappa shape index (κ2) is 8.44. The minimum Gasteiger partial charge on any atom is -0.375 e.